The molecule has 0 radical (unpaired) electrons. The van der Waals surface area contributed by atoms with Crippen molar-refractivity contribution < 1.29 is 22.7 Å². The van der Waals surface area contributed by atoms with Crippen LogP contribution in [-0.2, 0) is 28.2 Å². The van der Waals surface area contributed by atoms with Crippen LogP contribution in [0.1, 0.15) is 12.5 Å². The predicted molar refractivity (Wildman–Crippen MR) is 88.7 cm³/mol. The maximum atomic E-state index is 13.5. The van der Waals surface area contributed by atoms with Gasteiger partial charge in [0.05, 0.1) is 19.3 Å². The Morgan fingerprint density at radius 3 is 2.88 bits per heavy atom. The predicted octanol–water partition coefficient (Wildman–Crippen LogP) is 0.927. The first kappa shape index (κ1) is 17.3. The number of aliphatic hydroxyl groups excluding tert-OH is 1. The second kappa shape index (κ2) is 6.44. The van der Waals surface area contributed by atoms with Gasteiger partial charge in [-0.2, -0.15) is 0 Å². The van der Waals surface area contributed by atoms with Gasteiger partial charge in [0.2, 0.25) is 10.0 Å². The van der Waals surface area contributed by atoms with Crippen molar-refractivity contribution in [2.24, 2.45) is 7.05 Å². The van der Waals surface area contributed by atoms with Crippen molar-refractivity contribution in [3.63, 3.8) is 0 Å². The van der Waals surface area contributed by atoms with Gasteiger partial charge in [0.25, 0.3) is 0 Å². The van der Waals surface area contributed by atoms with Crippen molar-refractivity contribution in [3.8, 4) is 0 Å². The zero-order valence-corrected chi connectivity index (χ0v) is 14.4. The number of hydrogen-bond acceptors (Lipinski definition) is 4. The first-order chi connectivity index (χ1) is 11.3. The maximum Gasteiger partial charge on any atom is 0.219 e. The largest absolute Gasteiger partial charge is 0.389 e. The summed E-state index contributed by atoms with van der Waals surface area (Å²) >= 11 is 0. The van der Waals surface area contributed by atoms with E-state index in [-0.39, 0.29) is 19.0 Å². The second-order valence-corrected chi connectivity index (χ2v) is 8.27. The number of nitrogens with one attached hydrogen (secondary N) is 1. The van der Waals surface area contributed by atoms with Crippen molar-refractivity contribution in [2.75, 3.05) is 13.2 Å². The molecule has 2 heterocycles. The quantitative estimate of drug-likeness (QED) is 0.835. The van der Waals surface area contributed by atoms with E-state index >= 15 is 0 Å². The lowest BCUT2D eigenvalue weighted by atomic mass is 10.1. The van der Waals surface area contributed by atoms with E-state index < -0.39 is 27.4 Å². The van der Waals surface area contributed by atoms with Crippen LogP contribution in [0.25, 0.3) is 10.9 Å². The Morgan fingerprint density at radius 1 is 1.46 bits per heavy atom. The van der Waals surface area contributed by atoms with Crippen LogP contribution in [0.3, 0.4) is 0 Å². The third kappa shape index (κ3) is 3.32. The number of rotatable bonds is 5. The van der Waals surface area contributed by atoms with Crippen LogP contribution < -0.4 is 4.72 Å². The van der Waals surface area contributed by atoms with Crippen LogP contribution >= 0.6 is 0 Å². The summed E-state index contributed by atoms with van der Waals surface area (Å²) in [5, 5.41) is 9.53. The van der Waals surface area contributed by atoms with E-state index in [0.29, 0.717) is 6.42 Å². The van der Waals surface area contributed by atoms with Crippen LogP contribution in [0, 0.1) is 5.82 Å². The summed E-state index contributed by atoms with van der Waals surface area (Å²) in [6.45, 7) is 1.77. The zero-order valence-electron chi connectivity index (χ0n) is 13.6. The lowest BCUT2D eigenvalue weighted by molar-refractivity contribution is 0.127. The number of hydrogen-bond donors (Lipinski definition) is 2. The minimum atomic E-state index is -3.69. The number of sulfonamides is 1. The number of ether oxygens (including phenoxy) is 1. The molecule has 3 atom stereocenters. The van der Waals surface area contributed by atoms with Crippen LogP contribution in [-0.4, -0.2) is 48.7 Å². The molecule has 0 spiro atoms. The molecule has 1 aromatic carbocycles. The molecular formula is C16H21FN2O4S. The maximum absolute atomic E-state index is 13.5. The summed E-state index contributed by atoms with van der Waals surface area (Å²) in [7, 11) is -1.82. The molecule has 0 bridgehead atoms. The van der Waals surface area contributed by atoms with Crippen LogP contribution in [0.5, 0.6) is 0 Å². The van der Waals surface area contributed by atoms with E-state index in [1.807, 2.05) is 17.8 Å². The zero-order chi connectivity index (χ0) is 17.5. The highest BCUT2D eigenvalue weighted by Gasteiger charge is 2.38. The lowest BCUT2D eigenvalue weighted by Gasteiger charge is -2.19. The van der Waals surface area contributed by atoms with Crippen molar-refractivity contribution in [2.45, 2.75) is 30.7 Å². The van der Waals surface area contributed by atoms with E-state index in [9.17, 15) is 17.9 Å². The summed E-state index contributed by atoms with van der Waals surface area (Å²) in [5.41, 5.74) is 1.76. The molecule has 24 heavy (non-hydrogen) atoms. The highest BCUT2D eigenvalue weighted by atomic mass is 32.2. The fourth-order valence-electron chi connectivity index (χ4n) is 3.17. The van der Waals surface area contributed by atoms with Crippen molar-refractivity contribution in [3.05, 3.63) is 35.8 Å². The molecular weight excluding hydrogens is 335 g/mol. The summed E-state index contributed by atoms with van der Waals surface area (Å²) in [6, 6.07) is 4.17. The Balaban J connectivity index is 1.78. The molecule has 8 heteroatoms. The van der Waals surface area contributed by atoms with Gasteiger partial charge in [-0.3, -0.25) is 0 Å². The molecule has 0 aliphatic carbocycles. The number of nitrogens with zero attached hydrogens (tertiary/aromatic N) is 1. The number of benzene rings is 1. The summed E-state index contributed by atoms with van der Waals surface area (Å²) in [4.78, 5) is 0. The smallest absolute Gasteiger partial charge is 0.219 e. The molecule has 3 rings (SSSR count). The Morgan fingerprint density at radius 2 is 2.21 bits per heavy atom. The first-order valence-corrected chi connectivity index (χ1v) is 9.33. The van der Waals surface area contributed by atoms with E-state index in [2.05, 4.69) is 4.72 Å². The molecule has 0 saturated carbocycles. The molecule has 3 unspecified atom stereocenters. The first-order valence-electron chi connectivity index (χ1n) is 7.78. The van der Waals surface area contributed by atoms with Gasteiger partial charge >= 0.3 is 0 Å². The summed E-state index contributed by atoms with van der Waals surface area (Å²) < 4.78 is 47.7. The lowest BCUT2D eigenvalue weighted by Crippen LogP contribution is -2.45. The van der Waals surface area contributed by atoms with Gasteiger partial charge in [-0.25, -0.2) is 17.5 Å². The Hall–Kier alpha value is -1.48. The minimum Gasteiger partial charge on any atom is -0.389 e. The Bertz CT molecular complexity index is 849. The van der Waals surface area contributed by atoms with E-state index in [4.69, 9.17) is 4.74 Å². The highest BCUT2D eigenvalue weighted by molar-refractivity contribution is 7.90. The molecule has 1 aliphatic heterocycles. The van der Waals surface area contributed by atoms with Crippen LogP contribution in [0.4, 0.5) is 4.39 Å². The van der Waals surface area contributed by atoms with E-state index in [1.54, 1.807) is 13.0 Å². The van der Waals surface area contributed by atoms with Crippen LogP contribution in [0.15, 0.2) is 24.4 Å². The Labute approximate surface area is 140 Å². The van der Waals surface area contributed by atoms with Gasteiger partial charge in [0.15, 0.2) is 0 Å². The summed E-state index contributed by atoms with van der Waals surface area (Å²) in [5.74, 6) is -0.325. The van der Waals surface area contributed by atoms with Gasteiger partial charge in [-0.1, -0.05) is 0 Å². The van der Waals surface area contributed by atoms with Crippen molar-refractivity contribution in [1.29, 1.82) is 0 Å². The third-order valence-electron chi connectivity index (χ3n) is 4.32. The average Bonchev–Trinajstić information content (AvgIpc) is 3.03. The second-order valence-electron chi connectivity index (χ2n) is 6.34. The molecule has 1 saturated heterocycles. The fraction of sp³-hybridized carbons (Fsp3) is 0.500. The molecule has 2 N–H and O–H groups in total. The number of fused-ring (bicyclic) bond motifs is 1. The number of aromatic nitrogens is 1. The number of aryl methyl sites for hydroxylation is 1. The van der Waals surface area contributed by atoms with Gasteiger partial charge in [-0.15, -0.1) is 0 Å². The van der Waals surface area contributed by atoms with Gasteiger partial charge in [0, 0.05) is 30.2 Å². The van der Waals surface area contributed by atoms with Crippen molar-refractivity contribution in [1.82, 2.24) is 9.29 Å². The molecule has 0 amide bonds. The number of aliphatic hydroxyl groups is 1. The van der Waals surface area contributed by atoms with Crippen LogP contribution in [0.2, 0.25) is 0 Å². The fourth-order valence-corrected chi connectivity index (χ4v) is 4.75. The highest BCUT2D eigenvalue weighted by Crippen LogP contribution is 2.23. The Kier molecular flexibility index (Phi) is 4.65. The van der Waals surface area contributed by atoms with Gasteiger partial charge < -0.3 is 14.4 Å². The van der Waals surface area contributed by atoms with E-state index in [1.165, 1.54) is 12.1 Å². The average molecular weight is 356 g/mol. The molecule has 132 valence electrons. The SMILES string of the molecule is CC(Cc1cn(C)c2ccc(F)cc12)NS(=O)(=O)C1COCC1O. The molecule has 1 aromatic heterocycles. The molecule has 1 aliphatic rings. The molecule has 6 nitrogen and oxygen atoms in total. The van der Waals surface area contributed by atoms with E-state index in [0.717, 1.165) is 16.5 Å². The molecule has 1 fully saturated rings. The minimum absolute atomic E-state index is 0.0112. The summed E-state index contributed by atoms with van der Waals surface area (Å²) in [6.07, 6.45) is 1.29. The standard InChI is InChI=1S/C16H21FN2O4S/c1-10(18-24(21,22)16-9-23-8-15(16)20)5-11-7-19(2)14-4-3-12(17)6-13(11)14/h3-4,6-7,10,15-16,18,20H,5,8-9H2,1-2H3. The van der Waals surface area contributed by atoms with Crippen molar-refractivity contribution >= 4 is 20.9 Å². The topological polar surface area (TPSA) is 80.6 Å². The molecule has 2 aromatic rings. The number of halogens is 1. The van der Waals surface area contributed by atoms with Gasteiger partial charge in [0.1, 0.15) is 11.1 Å². The third-order valence-corrected chi connectivity index (χ3v) is 6.30. The normalized spacial score (nSPS) is 23.0. The van der Waals surface area contributed by atoms with Gasteiger partial charge in [-0.05, 0) is 37.1 Å². The monoisotopic (exact) mass is 356 g/mol.